The van der Waals surface area contributed by atoms with Crippen LogP contribution in [-0.4, -0.2) is 23.8 Å². The number of imide groups is 1. The van der Waals surface area contributed by atoms with Gasteiger partial charge in [-0.05, 0) is 26.0 Å². The summed E-state index contributed by atoms with van der Waals surface area (Å²) in [7, 11) is 0. The Labute approximate surface area is 98.0 Å². The maximum Gasteiger partial charge on any atom is 0.422 e. The van der Waals surface area contributed by atoms with E-state index in [9.17, 15) is 14.0 Å². The molecule has 1 aliphatic rings. The van der Waals surface area contributed by atoms with E-state index in [0.717, 1.165) is 4.90 Å². The first kappa shape index (κ1) is 11.6. The van der Waals surface area contributed by atoms with Gasteiger partial charge in [-0.15, -0.1) is 0 Å². The average Bonchev–Trinajstić information content (AvgIpc) is 2.52. The van der Waals surface area contributed by atoms with Crippen LogP contribution in [0.2, 0.25) is 0 Å². The SMILES string of the molecule is C[C@@H](F)[C@@]1(C)OC(=O)N(c2ccccc2)C1=O. The molecule has 1 saturated heterocycles. The molecule has 2 atom stereocenters. The lowest BCUT2D eigenvalue weighted by Crippen LogP contribution is -2.44. The monoisotopic (exact) mass is 237 g/mol. The zero-order valence-electron chi connectivity index (χ0n) is 9.51. The number of amides is 2. The maximum atomic E-state index is 13.4. The van der Waals surface area contributed by atoms with Crippen molar-refractivity contribution in [2.24, 2.45) is 0 Å². The van der Waals surface area contributed by atoms with Crippen LogP contribution in [0, 0.1) is 0 Å². The molecule has 5 heteroatoms. The van der Waals surface area contributed by atoms with Gasteiger partial charge in [-0.25, -0.2) is 14.1 Å². The molecule has 0 N–H and O–H groups in total. The lowest BCUT2D eigenvalue weighted by molar-refractivity contribution is -0.133. The van der Waals surface area contributed by atoms with Crippen molar-refractivity contribution in [2.75, 3.05) is 4.90 Å². The van der Waals surface area contributed by atoms with Gasteiger partial charge in [-0.1, -0.05) is 18.2 Å². The number of anilines is 1. The summed E-state index contributed by atoms with van der Waals surface area (Å²) in [5, 5.41) is 0. The zero-order valence-corrected chi connectivity index (χ0v) is 9.51. The van der Waals surface area contributed by atoms with Crippen LogP contribution in [0.15, 0.2) is 30.3 Å². The first-order chi connectivity index (χ1) is 7.97. The minimum Gasteiger partial charge on any atom is -0.429 e. The smallest absolute Gasteiger partial charge is 0.422 e. The van der Waals surface area contributed by atoms with Gasteiger partial charge in [-0.3, -0.25) is 4.79 Å². The number of hydrogen-bond donors (Lipinski definition) is 0. The molecule has 0 aliphatic carbocycles. The number of nitrogens with zero attached hydrogens (tertiary/aromatic N) is 1. The second-order valence-corrected chi connectivity index (χ2v) is 4.07. The van der Waals surface area contributed by atoms with E-state index in [4.69, 9.17) is 4.74 Å². The van der Waals surface area contributed by atoms with Gasteiger partial charge in [0, 0.05) is 0 Å². The zero-order chi connectivity index (χ0) is 12.6. The molecular formula is C12H12FNO3. The molecule has 90 valence electrons. The number of hydrogen-bond acceptors (Lipinski definition) is 3. The number of para-hydroxylation sites is 1. The quantitative estimate of drug-likeness (QED) is 0.792. The second kappa shape index (κ2) is 3.84. The van der Waals surface area contributed by atoms with Gasteiger partial charge >= 0.3 is 6.09 Å². The molecule has 0 unspecified atom stereocenters. The number of rotatable bonds is 2. The fraction of sp³-hybridized carbons (Fsp3) is 0.333. The van der Waals surface area contributed by atoms with Gasteiger partial charge in [-0.2, -0.15) is 0 Å². The molecule has 1 aromatic rings. The van der Waals surface area contributed by atoms with Gasteiger partial charge < -0.3 is 4.74 Å². The van der Waals surface area contributed by atoms with Crippen molar-refractivity contribution in [1.82, 2.24) is 0 Å². The molecule has 0 aromatic heterocycles. The van der Waals surface area contributed by atoms with E-state index in [1.807, 2.05) is 0 Å². The summed E-state index contributed by atoms with van der Waals surface area (Å²) in [5.74, 6) is -0.677. The van der Waals surface area contributed by atoms with Crippen molar-refractivity contribution < 1.29 is 18.7 Å². The van der Waals surface area contributed by atoms with E-state index in [2.05, 4.69) is 0 Å². The van der Waals surface area contributed by atoms with Crippen LogP contribution < -0.4 is 4.90 Å². The van der Waals surface area contributed by atoms with Crippen LogP contribution in [0.1, 0.15) is 13.8 Å². The Morgan fingerprint density at radius 1 is 1.29 bits per heavy atom. The summed E-state index contributed by atoms with van der Waals surface area (Å²) in [5.41, 5.74) is -1.35. The van der Waals surface area contributed by atoms with Gasteiger partial charge in [0.1, 0.15) is 6.17 Å². The fourth-order valence-electron chi connectivity index (χ4n) is 1.63. The highest BCUT2D eigenvalue weighted by Crippen LogP contribution is 2.32. The minimum atomic E-state index is -1.73. The lowest BCUT2D eigenvalue weighted by Gasteiger charge is -2.20. The standard InChI is InChI=1S/C12H12FNO3/c1-8(13)12(2)10(15)14(11(16)17-12)9-6-4-3-5-7-9/h3-8H,1-2H3/t8-,12-/m1/s1. The Balaban J connectivity index is 2.39. The second-order valence-electron chi connectivity index (χ2n) is 4.07. The first-order valence-corrected chi connectivity index (χ1v) is 5.23. The van der Waals surface area contributed by atoms with Gasteiger partial charge in [0.2, 0.25) is 5.60 Å². The highest BCUT2D eigenvalue weighted by molar-refractivity contribution is 6.20. The molecule has 0 radical (unpaired) electrons. The average molecular weight is 237 g/mol. The van der Waals surface area contributed by atoms with Crippen molar-refractivity contribution in [2.45, 2.75) is 25.6 Å². The molecule has 1 aliphatic heterocycles. The molecule has 0 bridgehead atoms. The van der Waals surface area contributed by atoms with Gasteiger partial charge in [0.05, 0.1) is 5.69 Å². The lowest BCUT2D eigenvalue weighted by atomic mass is 10.0. The first-order valence-electron chi connectivity index (χ1n) is 5.23. The van der Waals surface area contributed by atoms with Crippen LogP contribution in [0.4, 0.5) is 14.9 Å². The van der Waals surface area contributed by atoms with Crippen molar-refractivity contribution >= 4 is 17.7 Å². The van der Waals surface area contributed by atoms with E-state index in [-0.39, 0.29) is 0 Å². The fourth-order valence-corrected chi connectivity index (χ4v) is 1.63. The summed E-state index contributed by atoms with van der Waals surface area (Å²) in [4.78, 5) is 24.5. The normalized spacial score (nSPS) is 25.9. The highest BCUT2D eigenvalue weighted by atomic mass is 19.1. The Kier molecular flexibility index (Phi) is 2.61. The predicted octanol–water partition coefficient (Wildman–Crippen LogP) is 2.29. The molecule has 2 amide bonds. The van der Waals surface area contributed by atoms with Gasteiger partial charge in [0.25, 0.3) is 5.91 Å². The minimum absolute atomic E-state index is 0.381. The topological polar surface area (TPSA) is 46.6 Å². The van der Waals surface area contributed by atoms with Crippen LogP contribution in [0.25, 0.3) is 0 Å². The summed E-state index contributed by atoms with van der Waals surface area (Å²) in [6.45, 7) is 2.47. The van der Waals surface area contributed by atoms with Crippen LogP contribution in [-0.2, 0) is 9.53 Å². The molecule has 1 heterocycles. The number of ether oxygens (including phenoxy) is 1. The molecule has 4 nitrogen and oxygen atoms in total. The van der Waals surface area contributed by atoms with Crippen molar-refractivity contribution in [3.63, 3.8) is 0 Å². The van der Waals surface area contributed by atoms with E-state index >= 15 is 0 Å². The Morgan fingerprint density at radius 3 is 2.35 bits per heavy atom. The number of halogens is 1. The molecule has 0 saturated carbocycles. The summed E-state index contributed by atoms with van der Waals surface area (Å²) < 4.78 is 18.2. The molecule has 0 spiro atoms. The van der Waals surface area contributed by atoms with E-state index < -0.39 is 23.8 Å². The van der Waals surface area contributed by atoms with Crippen molar-refractivity contribution in [3.8, 4) is 0 Å². The molecule has 2 rings (SSSR count). The van der Waals surface area contributed by atoms with E-state index in [1.54, 1.807) is 30.3 Å². The van der Waals surface area contributed by atoms with Gasteiger partial charge in [0.15, 0.2) is 0 Å². The molecule has 1 aromatic carbocycles. The molecular weight excluding hydrogens is 225 g/mol. The number of cyclic esters (lactones) is 1. The summed E-state index contributed by atoms with van der Waals surface area (Å²) >= 11 is 0. The maximum absolute atomic E-state index is 13.4. The molecule has 17 heavy (non-hydrogen) atoms. The van der Waals surface area contributed by atoms with E-state index in [0.29, 0.717) is 5.69 Å². The Hall–Kier alpha value is -1.91. The predicted molar refractivity (Wildman–Crippen MR) is 59.4 cm³/mol. The van der Waals surface area contributed by atoms with Crippen LogP contribution in [0.3, 0.4) is 0 Å². The van der Waals surface area contributed by atoms with Crippen LogP contribution >= 0.6 is 0 Å². The number of carbonyl (C=O) groups excluding carboxylic acids is 2. The Morgan fingerprint density at radius 2 is 1.88 bits per heavy atom. The summed E-state index contributed by atoms with van der Waals surface area (Å²) in [6, 6.07) is 8.31. The third-order valence-corrected chi connectivity index (χ3v) is 2.88. The summed E-state index contributed by atoms with van der Waals surface area (Å²) in [6.07, 6.45) is -2.40. The highest BCUT2D eigenvalue weighted by Gasteiger charge is 2.55. The third-order valence-electron chi connectivity index (χ3n) is 2.88. The van der Waals surface area contributed by atoms with E-state index in [1.165, 1.54) is 13.8 Å². The van der Waals surface area contributed by atoms with Crippen molar-refractivity contribution in [3.05, 3.63) is 30.3 Å². The number of benzene rings is 1. The van der Waals surface area contributed by atoms with Crippen molar-refractivity contribution in [1.29, 1.82) is 0 Å². The molecule has 1 fully saturated rings. The number of alkyl halides is 1. The van der Waals surface area contributed by atoms with Crippen LogP contribution in [0.5, 0.6) is 0 Å². The number of carbonyl (C=O) groups is 2. The largest absolute Gasteiger partial charge is 0.429 e. The Bertz CT molecular complexity index is 460. The third kappa shape index (κ3) is 1.67.